The molecule has 0 aliphatic rings. The Hall–Kier alpha value is -3.72. The van der Waals surface area contributed by atoms with E-state index in [9.17, 15) is 9.59 Å². The van der Waals surface area contributed by atoms with Crippen LogP contribution in [0.3, 0.4) is 0 Å². The zero-order valence-electron chi connectivity index (χ0n) is 16.8. The summed E-state index contributed by atoms with van der Waals surface area (Å²) < 4.78 is 12.6. The number of ether oxygens (including phenoxy) is 1. The van der Waals surface area contributed by atoms with Gasteiger partial charge in [-0.2, -0.15) is 12.6 Å². The van der Waals surface area contributed by atoms with Crippen molar-refractivity contribution in [3.63, 3.8) is 0 Å². The Bertz CT molecular complexity index is 1280. The van der Waals surface area contributed by atoms with Gasteiger partial charge in [-0.1, -0.05) is 12.1 Å². The molecular formula is C22H20N4O4S. The second-order valence-corrected chi connectivity index (χ2v) is 7.42. The number of thiol groups is 1. The van der Waals surface area contributed by atoms with Crippen molar-refractivity contribution in [1.82, 2.24) is 9.55 Å². The molecule has 0 saturated carbocycles. The van der Waals surface area contributed by atoms with Crippen molar-refractivity contribution >= 4 is 41.1 Å². The summed E-state index contributed by atoms with van der Waals surface area (Å²) in [5.41, 5.74) is 7.35. The predicted octanol–water partition coefficient (Wildman–Crippen LogP) is 3.55. The molecule has 0 fully saturated rings. The standard InChI is InChI=1S/C22H20N4O4S/c1-26-10-9-24-21(26)19(31)12-3-5-13(6-4-12)22(28)25-17-15-8-7-14(29-2)11-16(15)30-18(17)20(23)27/h3-11,19,31H,1-2H3,(H2,23,27)(H,25,28). The van der Waals surface area contributed by atoms with Crippen molar-refractivity contribution in [3.8, 4) is 5.75 Å². The van der Waals surface area contributed by atoms with Crippen molar-refractivity contribution in [2.75, 3.05) is 12.4 Å². The summed E-state index contributed by atoms with van der Waals surface area (Å²) in [4.78, 5) is 29.0. The molecule has 2 aromatic carbocycles. The van der Waals surface area contributed by atoms with Gasteiger partial charge in [-0.25, -0.2) is 4.98 Å². The van der Waals surface area contributed by atoms with E-state index in [0.29, 0.717) is 22.3 Å². The lowest BCUT2D eigenvalue weighted by Gasteiger charge is -2.12. The summed E-state index contributed by atoms with van der Waals surface area (Å²) in [7, 11) is 3.42. The van der Waals surface area contributed by atoms with Crippen LogP contribution in [0.2, 0.25) is 0 Å². The highest BCUT2D eigenvalue weighted by molar-refractivity contribution is 7.80. The minimum absolute atomic E-state index is 0.126. The smallest absolute Gasteiger partial charge is 0.286 e. The fourth-order valence-electron chi connectivity index (χ4n) is 3.29. The lowest BCUT2D eigenvalue weighted by Crippen LogP contribution is -2.17. The molecule has 0 aliphatic carbocycles. The Morgan fingerprint density at radius 1 is 1.23 bits per heavy atom. The number of furan rings is 1. The first-order chi connectivity index (χ1) is 14.9. The molecule has 0 aliphatic heterocycles. The largest absolute Gasteiger partial charge is 0.497 e. The number of nitrogens with two attached hydrogens (primary N) is 1. The Morgan fingerprint density at radius 3 is 2.58 bits per heavy atom. The number of amides is 2. The zero-order valence-corrected chi connectivity index (χ0v) is 17.7. The molecule has 4 aromatic rings. The minimum atomic E-state index is -0.784. The Morgan fingerprint density at radius 2 is 1.97 bits per heavy atom. The average Bonchev–Trinajstić information content (AvgIpc) is 3.36. The fourth-order valence-corrected chi connectivity index (χ4v) is 3.71. The maximum absolute atomic E-state index is 12.9. The fraction of sp³-hybridized carbons (Fsp3) is 0.136. The summed E-state index contributed by atoms with van der Waals surface area (Å²) >= 11 is 4.64. The van der Waals surface area contributed by atoms with Crippen molar-refractivity contribution in [2.45, 2.75) is 5.25 Å². The molecule has 0 saturated heterocycles. The van der Waals surface area contributed by atoms with Crippen LogP contribution in [0.15, 0.2) is 59.3 Å². The van der Waals surface area contributed by atoms with Gasteiger partial charge in [0.25, 0.3) is 11.8 Å². The van der Waals surface area contributed by atoms with Crippen LogP contribution in [-0.2, 0) is 7.05 Å². The number of carbonyl (C=O) groups is 2. The summed E-state index contributed by atoms with van der Waals surface area (Å²) in [6, 6.07) is 12.0. The number of primary amides is 1. The molecule has 0 bridgehead atoms. The number of nitrogens with one attached hydrogen (secondary N) is 1. The molecule has 1 atom stereocenters. The first-order valence-corrected chi connectivity index (χ1v) is 9.87. The van der Waals surface area contributed by atoms with Gasteiger partial charge in [0.05, 0.1) is 12.4 Å². The summed E-state index contributed by atoms with van der Waals surface area (Å²) in [5, 5.41) is 3.06. The van der Waals surface area contributed by atoms with Crippen LogP contribution in [0.4, 0.5) is 5.69 Å². The van der Waals surface area contributed by atoms with E-state index in [-0.39, 0.29) is 16.7 Å². The number of benzene rings is 2. The van der Waals surface area contributed by atoms with E-state index in [1.807, 2.05) is 29.9 Å². The van der Waals surface area contributed by atoms with Crippen molar-refractivity contribution < 1.29 is 18.7 Å². The summed E-state index contributed by atoms with van der Waals surface area (Å²) in [5.74, 6) is 0.0409. The molecular weight excluding hydrogens is 416 g/mol. The van der Waals surface area contributed by atoms with Gasteiger partial charge in [0.1, 0.15) is 22.8 Å². The van der Waals surface area contributed by atoms with E-state index in [2.05, 4.69) is 22.9 Å². The molecule has 2 amide bonds. The Labute approximate surface area is 183 Å². The molecule has 1 unspecified atom stereocenters. The van der Waals surface area contributed by atoms with Gasteiger partial charge in [-0.15, -0.1) is 0 Å². The third-order valence-corrected chi connectivity index (χ3v) is 5.48. The van der Waals surface area contributed by atoms with E-state index in [1.54, 1.807) is 36.5 Å². The van der Waals surface area contributed by atoms with Crippen molar-refractivity contribution in [1.29, 1.82) is 0 Å². The number of hydrogen-bond donors (Lipinski definition) is 3. The molecule has 9 heteroatoms. The van der Waals surface area contributed by atoms with Crippen LogP contribution in [0.25, 0.3) is 11.0 Å². The second-order valence-electron chi connectivity index (χ2n) is 6.91. The van der Waals surface area contributed by atoms with E-state index in [0.717, 1.165) is 11.4 Å². The number of imidazole rings is 1. The average molecular weight is 436 g/mol. The Balaban J connectivity index is 1.61. The van der Waals surface area contributed by atoms with Gasteiger partial charge in [0, 0.05) is 36.5 Å². The predicted molar refractivity (Wildman–Crippen MR) is 120 cm³/mol. The SMILES string of the molecule is COc1ccc2c(NC(=O)c3ccc(C(S)c4nccn4C)cc3)c(C(N)=O)oc2c1. The van der Waals surface area contributed by atoms with Crippen molar-refractivity contribution in [3.05, 3.63) is 77.6 Å². The van der Waals surface area contributed by atoms with Gasteiger partial charge in [0.15, 0.2) is 0 Å². The normalized spacial score (nSPS) is 12.0. The van der Waals surface area contributed by atoms with Gasteiger partial charge in [0.2, 0.25) is 5.76 Å². The van der Waals surface area contributed by atoms with Crippen molar-refractivity contribution in [2.24, 2.45) is 12.8 Å². The number of aryl methyl sites for hydroxylation is 1. The molecule has 3 N–H and O–H groups in total. The van der Waals surface area contributed by atoms with Crippen LogP contribution in [0.5, 0.6) is 5.75 Å². The van der Waals surface area contributed by atoms with E-state index in [1.165, 1.54) is 7.11 Å². The molecule has 158 valence electrons. The Kier molecular flexibility index (Phi) is 5.43. The van der Waals surface area contributed by atoms with Gasteiger partial charge >= 0.3 is 0 Å². The number of methoxy groups -OCH3 is 1. The first-order valence-electron chi connectivity index (χ1n) is 9.36. The summed E-state index contributed by atoms with van der Waals surface area (Å²) in [6.07, 6.45) is 3.56. The zero-order chi connectivity index (χ0) is 22.1. The molecule has 8 nitrogen and oxygen atoms in total. The van der Waals surface area contributed by atoms with Crippen LogP contribution in [0, 0.1) is 0 Å². The molecule has 2 aromatic heterocycles. The number of carbonyl (C=O) groups excluding carboxylic acids is 2. The number of rotatable bonds is 6. The number of hydrogen-bond acceptors (Lipinski definition) is 6. The van der Waals surface area contributed by atoms with Crippen LogP contribution < -0.4 is 15.8 Å². The maximum Gasteiger partial charge on any atom is 0.286 e. The third-order valence-electron chi connectivity index (χ3n) is 4.95. The third kappa shape index (κ3) is 3.87. The van der Waals surface area contributed by atoms with Gasteiger partial charge < -0.3 is 24.8 Å². The monoisotopic (exact) mass is 436 g/mol. The molecule has 0 spiro atoms. The van der Waals surface area contributed by atoms with Gasteiger partial charge in [-0.05, 0) is 29.8 Å². The lowest BCUT2D eigenvalue weighted by atomic mass is 10.1. The molecule has 4 rings (SSSR count). The highest BCUT2D eigenvalue weighted by Crippen LogP contribution is 2.34. The quantitative estimate of drug-likeness (QED) is 0.400. The molecule has 0 radical (unpaired) electrons. The number of anilines is 1. The van der Waals surface area contributed by atoms with E-state index < -0.39 is 11.8 Å². The topological polar surface area (TPSA) is 112 Å². The molecule has 2 heterocycles. The summed E-state index contributed by atoms with van der Waals surface area (Å²) in [6.45, 7) is 0. The van der Waals surface area contributed by atoms with Crippen LogP contribution in [-0.4, -0.2) is 28.5 Å². The minimum Gasteiger partial charge on any atom is -0.497 e. The first kappa shape index (κ1) is 20.5. The number of nitrogens with zero attached hydrogens (tertiary/aromatic N) is 2. The number of fused-ring (bicyclic) bond motifs is 1. The molecule has 31 heavy (non-hydrogen) atoms. The highest BCUT2D eigenvalue weighted by atomic mass is 32.1. The highest BCUT2D eigenvalue weighted by Gasteiger charge is 2.22. The van der Waals surface area contributed by atoms with E-state index in [4.69, 9.17) is 14.9 Å². The number of aromatic nitrogens is 2. The van der Waals surface area contributed by atoms with E-state index >= 15 is 0 Å². The van der Waals surface area contributed by atoms with Crippen LogP contribution >= 0.6 is 12.6 Å². The second kappa shape index (κ2) is 8.19. The van der Waals surface area contributed by atoms with Gasteiger partial charge in [-0.3, -0.25) is 9.59 Å². The lowest BCUT2D eigenvalue weighted by molar-refractivity contribution is 0.0977. The maximum atomic E-state index is 12.9. The van der Waals surface area contributed by atoms with Crippen LogP contribution in [0.1, 0.15) is 37.6 Å².